The average molecular weight is 285 g/mol. The fraction of sp³-hybridized carbons (Fsp3) is 0.375. The van der Waals surface area contributed by atoms with Crippen LogP contribution in [0.2, 0.25) is 0 Å². The first-order valence-corrected chi connectivity index (χ1v) is 6.99. The zero-order chi connectivity index (χ0) is 15.1. The predicted octanol–water partition coefficient (Wildman–Crippen LogP) is 0.592. The highest BCUT2D eigenvalue weighted by atomic mass is 16.4. The quantitative estimate of drug-likeness (QED) is 0.807. The van der Waals surface area contributed by atoms with Gasteiger partial charge < -0.3 is 20.1 Å². The van der Waals surface area contributed by atoms with Gasteiger partial charge in [-0.3, -0.25) is 4.79 Å². The normalized spacial score (nSPS) is 25.7. The molecule has 3 atom stereocenters. The number of aliphatic carboxylic acids is 1. The van der Waals surface area contributed by atoms with Crippen LogP contribution in [0.5, 0.6) is 0 Å². The Morgan fingerprint density at radius 3 is 2.76 bits per heavy atom. The number of para-hydroxylation sites is 1. The molecule has 1 aromatic rings. The minimum atomic E-state index is -1.12. The van der Waals surface area contributed by atoms with Crippen molar-refractivity contribution in [3.05, 3.63) is 41.5 Å². The summed E-state index contributed by atoms with van der Waals surface area (Å²) in [6.07, 6.45) is 4.74. The number of allylic oxidation sites excluding steroid dienone is 2. The molecule has 5 heteroatoms. The summed E-state index contributed by atoms with van der Waals surface area (Å²) in [5.41, 5.74) is 2.11. The SMILES string of the molecule is CN(C)C(=O)c1cccc2c1N[C@H](C(=O)[O-])[C@@H]1CC=C[C@H]21. The van der Waals surface area contributed by atoms with Gasteiger partial charge in [0.1, 0.15) is 0 Å². The molecule has 2 aliphatic rings. The number of nitrogens with zero attached hydrogens (tertiary/aromatic N) is 1. The van der Waals surface area contributed by atoms with Gasteiger partial charge in [-0.25, -0.2) is 0 Å². The Hall–Kier alpha value is -2.30. The molecule has 21 heavy (non-hydrogen) atoms. The predicted molar refractivity (Wildman–Crippen MR) is 76.9 cm³/mol. The molecule has 3 rings (SSSR count). The number of carbonyl (C=O) groups is 2. The van der Waals surface area contributed by atoms with E-state index in [2.05, 4.69) is 5.32 Å². The van der Waals surface area contributed by atoms with Crippen LogP contribution >= 0.6 is 0 Å². The van der Waals surface area contributed by atoms with Crippen molar-refractivity contribution in [1.82, 2.24) is 4.90 Å². The number of anilines is 1. The number of rotatable bonds is 2. The zero-order valence-electron chi connectivity index (χ0n) is 12.0. The first-order chi connectivity index (χ1) is 10.0. The minimum Gasteiger partial charge on any atom is -0.548 e. The van der Waals surface area contributed by atoms with E-state index in [-0.39, 0.29) is 17.7 Å². The summed E-state index contributed by atoms with van der Waals surface area (Å²) >= 11 is 0. The van der Waals surface area contributed by atoms with Crippen molar-refractivity contribution in [3.63, 3.8) is 0 Å². The van der Waals surface area contributed by atoms with Gasteiger partial charge in [0.05, 0.1) is 23.3 Å². The van der Waals surface area contributed by atoms with Gasteiger partial charge in [-0.05, 0) is 24.0 Å². The Balaban J connectivity index is 2.12. The monoisotopic (exact) mass is 285 g/mol. The highest BCUT2D eigenvalue weighted by Crippen LogP contribution is 2.45. The molecule has 0 radical (unpaired) electrons. The highest BCUT2D eigenvalue weighted by Gasteiger charge is 2.39. The fourth-order valence-corrected chi connectivity index (χ4v) is 3.27. The fourth-order valence-electron chi connectivity index (χ4n) is 3.27. The van der Waals surface area contributed by atoms with Gasteiger partial charge in [0.25, 0.3) is 5.91 Å². The van der Waals surface area contributed by atoms with Gasteiger partial charge in [0, 0.05) is 20.0 Å². The van der Waals surface area contributed by atoms with Gasteiger partial charge in [-0.2, -0.15) is 0 Å². The number of carboxylic acid groups (broad SMARTS) is 1. The highest BCUT2D eigenvalue weighted by molar-refractivity contribution is 6.01. The Labute approximate surface area is 123 Å². The van der Waals surface area contributed by atoms with Crippen molar-refractivity contribution in [2.45, 2.75) is 18.4 Å². The van der Waals surface area contributed by atoms with E-state index < -0.39 is 12.0 Å². The molecular weight excluding hydrogens is 268 g/mol. The number of benzene rings is 1. The van der Waals surface area contributed by atoms with Crippen LogP contribution in [0.15, 0.2) is 30.4 Å². The Bertz CT molecular complexity index is 636. The van der Waals surface area contributed by atoms with E-state index in [1.165, 1.54) is 4.90 Å². The Morgan fingerprint density at radius 1 is 1.33 bits per heavy atom. The van der Waals surface area contributed by atoms with E-state index in [4.69, 9.17) is 0 Å². The molecule has 0 aromatic heterocycles. The Morgan fingerprint density at radius 2 is 2.10 bits per heavy atom. The molecule has 0 bridgehead atoms. The van der Waals surface area contributed by atoms with E-state index in [1.807, 2.05) is 24.3 Å². The lowest BCUT2D eigenvalue weighted by atomic mass is 9.78. The van der Waals surface area contributed by atoms with Crippen molar-refractivity contribution in [3.8, 4) is 0 Å². The standard InChI is InChI=1S/C16H18N2O3/c1-18(2)15(19)12-8-4-6-10-9-5-3-7-11(9)14(16(20)21)17-13(10)12/h3-6,8-9,11,14,17H,7H2,1-2H3,(H,20,21)/p-1/t9-,11-,14+/m1/s1. The minimum absolute atomic E-state index is 0.0269. The molecule has 1 amide bonds. The van der Waals surface area contributed by atoms with Crippen LogP contribution < -0.4 is 10.4 Å². The smallest absolute Gasteiger partial charge is 0.255 e. The second-order valence-corrected chi connectivity index (χ2v) is 5.76. The summed E-state index contributed by atoms with van der Waals surface area (Å²) < 4.78 is 0. The number of fused-ring (bicyclic) bond motifs is 3. The van der Waals surface area contributed by atoms with Crippen LogP contribution in [0, 0.1) is 5.92 Å². The van der Waals surface area contributed by atoms with Crippen molar-refractivity contribution < 1.29 is 14.7 Å². The summed E-state index contributed by atoms with van der Waals surface area (Å²) in [6.45, 7) is 0. The van der Waals surface area contributed by atoms with Gasteiger partial charge in [-0.1, -0.05) is 24.3 Å². The van der Waals surface area contributed by atoms with Gasteiger partial charge in [0.15, 0.2) is 0 Å². The lowest BCUT2D eigenvalue weighted by Gasteiger charge is -2.38. The maximum Gasteiger partial charge on any atom is 0.255 e. The third-order valence-corrected chi connectivity index (χ3v) is 4.29. The molecule has 1 aliphatic carbocycles. The van der Waals surface area contributed by atoms with Crippen molar-refractivity contribution in [2.75, 3.05) is 19.4 Å². The lowest BCUT2D eigenvalue weighted by molar-refractivity contribution is -0.308. The van der Waals surface area contributed by atoms with E-state index >= 15 is 0 Å². The molecule has 5 nitrogen and oxygen atoms in total. The molecule has 0 saturated carbocycles. The molecule has 1 N–H and O–H groups in total. The van der Waals surface area contributed by atoms with Crippen LogP contribution in [-0.2, 0) is 4.79 Å². The topological polar surface area (TPSA) is 72.5 Å². The van der Waals surface area contributed by atoms with E-state index in [9.17, 15) is 14.7 Å². The zero-order valence-corrected chi connectivity index (χ0v) is 12.0. The summed E-state index contributed by atoms with van der Waals surface area (Å²) in [7, 11) is 3.36. The van der Waals surface area contributed by atoms with Gasteiger partial charge in [0.2, 0.25) is 0 Å². The molecule has 110 valence electrons. The number of carboxylic acids is 1. The third kappa shape index (κ3) is 2.09. The number of amides is 1. The van der Waals surface area contributed by atoms with E-state index in [0.717, 1.165) is 5.56 Å². The molecule has 1 aromatic carbocycles. The number of carbonyl (C=O) groups excluding carboxylic acids is 2. The first kappa shape index (κ1) is 13.7. The summed E-state index contributed by atoms with van der Waals surface area (Å²) in [5.74, 6) is -1.28. The third-order valence-electron chi connectivity index (χ3n) is 4.29. The Kier molecular flexibility index (Phi) is 3.20. The summed E-state index contributed by atoms with van der Waals surface area (Å²) in [5, 5.41) is 14.4. The van der Waals surface area contributed by atoms with Gasteiger partial charge in [-0.15, -0.1) is 0 Å². The summed E-state index contributed by atoms with van der Waals surface area (Å²) in [6, 6.07) is 4.75. The average Bonchev–Trinajstić information content (AvgIpc) is 2.94. The van der Waals surface area contributed by atoms with Crippen molar-refractivity contribution >= 4 is 17.6 Å². The van der Waals surface area contributed by atoms with Gasteiger partial charge >= 0.3 is 0 Å². The van der Waals surface area contributed by atoms with Crippen LogP contribution in [0.3, 0.4) is 0 Å². The molecular formula is C16H17N2O3-. The first-order valence-electron chi connectivity index (χ1n) is 6.99. The van der Waals surface area contributed by atoms with E-state index in [1.54, 1.807) is 20.2 Å². The molecule has 0 saturated heterocycles. The molecule has 1 heterocycles. The molecule has 0 unspecified atom stereocenters. The van der Waals surface area contributed by atoms with E-state index in [0.29, 0.717) is 17.7 Å². The number of hydrogen-bond acceptors (Lipinski definition) is 4. The second-order valence-electron chi connectivity index (χ2n) is 5.76. The number of nitrogens with one attached hydrogen (secondary N) is 1. The maximum atomic E-state index is 12.3. The van der Waals surface area contributed by atoms with Crippen LogP contribution in [0.4, 0.5) is 5.69 Å². The second kappa shape index (κ2) is 4.91. The molecule has 0 fully saturated rings. The maximum absolute atomic E-state index is 12.3. The summed E-state index contributed by atoms with van der Waals surface area (Å²) in [4.78, 5) is 25.2. The number of hydrogen-bond donors (Lipinski definition) is 1. The van der Waals surface area contributed by atoms with Crippen LogP contribution in [0.1, 0.15) is 28.3 Å². The van der Waals surface area contributed by atoms with Crippen molar-refractivity contribution in [2.24, 2.45) is 5.92 Å². The molecule has 1 aliphatic heterocycles. The van der Waals surface area contributed by atoms with Crippen LogP contribution in [-0.4, -0.2) is 36.9 Å². The lowest BCUT2D eigenvalue weighted by Crippen LogP contribution is -2.49. The molecule has 0 spiro atoms. The largest absolute Gasteiger partial charge is 0.548 e. The van der Waals surface area contributed by atoms with Crippen molar-refractivity contribution in [1.29, 1.82) is 0 Å². The van der Waals surface area contributed by atoms with Crippen LogP contribution in [0.25, 0.3) is 0 Å².